The van der Waals surface area contributed by atoms with E-state index in [0.29, 0.717) is 19.6 Å². The second kappa shape index (κ2) is 5.64. The average Bonchev–Trinajstić information content (AvgIpc) is 2.98. The van der Waals surface area contributed by atoms with E-state index < -0.39 is 6.10 Å². The van der Waals surface area contributed by atoms with Crippen molar-refractivity contribution in [3.63, 3.8) is 0 Å². The van der Waals surface area contributed by atoms with Crippen molar-refractivity contribution in [1.29, 1.82) is 0 Å². The third-order valence-corrected chi connectivity index (χ3v) is 3.41. The minimum absolute atomic E-state index is 0.203. The van der Waals surface area contributed by atoms with E-state index in [1.165, 1.54) is 0 Å². The lowest BCUT2D eigenvalue weighted by Crippen LogP contribution is -2.29. The zero-order chi connectivity index (χ0) is 13.9. The summed E-state index contributed by atoms with van der Waals surface area (Å²) in [6, 6.07) is 11.5. The minimum Gasteiger partial charge on any atom is -0.486 e. The molecule has 106 valence electrons. The minimum atomic E-state index is -0.483. The number of aliphatic hydroxyl groups is 1. The molecule has 1 aromatic heterocycles. The highest BCUT2D eigenvalue weighted by atomic mass is 16.5. The molecule has 1 saturated heterocycles. The molecule has 20 heavy (non-hydrogen) atoms. The van der Waals surface area contributed by atoms with Crippen LogP contribution in [-0.4, -0.2) is 40.5 Å². The van der Waals surface area contributed by atoms with Crippen LogP contribution in [0.5, 0.6) is 5.75 Å². The van der Waals surface area contributed by atoms with Crippen LogP contribution in [-0.2, 0) is 6.54 Å². The zero-order valence-electron chi connectivity index (χ0n) is 11.4. The van der Waals surface area contributed by atoms with Gasteiger partial charge in [-0.15, -0.1) is 0 Å². The highest BCUT2D eigenvalue weighted by Crippen LogP contribution is 2.20. The Labute approximate surface area is 117 Å². The van der Waals surface area contributed by atoms with Crippen molar-refractivity contribution >= 4 is 0 Å². The van der Waals surface area contributed by atoms with Crippen LogP contribution < -0.4 is 4.74 Å². The SMILES string of the molecule is Cc1cc(CN2C[C@@H](O)[C@H](Oc3ccccc3)C2)no1. The van der Waals surface area contributed by atoms with Gasteiger partial charge < -0.3 is 14.4 Å². The summed E-state index contributed by atoms with van der Waals surface area (Å²) in [6.07, 6.45) is -0.686. The van der Waals surface area contributed by atoms with Crippen molar-refractivity contribution in [3.8, 4) is 5.75 Å². The summed E-state index contributed by atoms with van der Waals surface area (Å²) in [5.41, 5.74) is 0.884. The van der Waals surface area contributed by atoms with Crippen LogP contribution in [0.2, 0.25) is 0 Å². The fraction of sp³-hybridized carbons (Fsp3) is 0.400. The van der Waals surface area contributed by atoms with Gasteiger partial charge in [-0.3, -0.25) is 4.90 Å². The number of likely N-dealkylation sites (tertiary alicyclic amines) is 1. The molecule has 2 aromatic rings. The van der Waals surface area contributed by atoms with Gasteiger partial charge in [-0.05, 0) is 19.1 Å². The lowest BCUT2D eigenvalue weighted by molar-refractivity contribution is 0.0737. The van der Waals surface area contributed by atoms with Gasteiger partial charge in [0.05, 0.1) is 5.69 Å². The van der Waals surface area contributed by atoms with Crippen molar-refractivity contribution in [2.24, 2.45) is 0 Å². The number of aliphatic hydroxyl groups excluding tert-OH is 1. The van der Waals surface area contributed by atoms with Gasteiger partial charge >= 0.3 is 0 Å². The highest BCUT2D eigenvalue weighted by molar-refractivity contribution is 5.21. The van der Waals surface area contributed by atoms with Crippen LogP contribution in [0, 0.1) is 6.92 Å². The topological polar surface area (TPSA) is 58.7 Å². The van der Waals surface area contributed by atoms with Crippen LogP contribution in [0.1, 0.15) is 11.5 Å². The molecule has 0 aliphatic carbocycles. The van der Waals surface area contributed by atoms with Crippen molar-refractivity contribution < 1.29 is 14.4 Å². The second-order valence-corrected chi connectivity index (χ2v) is 5.16. The summed E-state index contributed by atoms with van der Waals surface area (Å²) in [6.45, 7) is 3.81. The van der Waals surface area contributed by atoms with Crippen LogP contribution in [0.25, 0.3) is 0 Å². The number of ether oxygens (including phenoxy) is 1. The normalized spacial score (nSPS) is 23.1. The van der Waals surface area contributed by atoms with Gasteiger partial charge in [-0.1, -0.05) is 23.4 Å². The van der Waals surface area contributed by atoms with Gasteiger partial charge in [0.2, 0.25) is 0 Å². The summed E-state index contributed by atoms with van der Waals surface area (Å²) in [5.74, 6) is 1.59. The summed E-state index contributed by atoms with van der Waals surface area (Å²) in [7, 11) is 0. The first-order chi connectivity index (χ1) is 9.70. The first-order valence-electron chi connectivity index (χ1n) is 6.75. The Balaban J connectivity index is 1.59. The van der Waals surface area contributed by atoms with E-state index >= 15 is 0 Å². The predicted molar refractivity (Wildman–Crippen MR) is 73.4 cm³/mol. The zero-order valence-corrected chi connectivity index (χ0v) is 11.4. The largest absolute Gasteiger partial charge is 0.486 e. The molecule has 1 fully saturated rings. The van der Waals surface area contributed by atoms with E-state index in [1.807, 2.05) is 43.3 Å². The van der Waals surface area contributed by atoms with E-state index in [2.05, 4.69) is 10.1 Å². The molecular weight excluding hydrogens is 256 g/mol. The highest BCUT2D eigenvalue weighted by Gasteiger charge is 2.33. The molecule has 0 unspecified atom stereocenters. The predicted octanol–water partition coefficient (Wildman–Crippen LogP) is 1.61. The van der Waals surface area contributed by atoms with Gasteiger partial charge in [0, 0.05) is 25.7 Å². The van der Waals surface area contributed by atoms with Crippen LogP contribution in [0.4, 0.5) is 0 Å². The Kier molecular flexibility index (Phi) is 3.71. The lowest BCUT2D eigenvalue weighted by Gasteiger charge is -2.16. The monoisotopic (exact) mass is 274 g/mol. The molecule has 1 aromatic carbocycles. The van der Waals surface area contributed by atoms with E-state index in [0.717, 1.165) is 17.2 Å². The molecule has 0 radical (unpaired) electrons. The molecule has 0 amide bonds. The molecule has 5 heteroatoms. The Hall–Kier alpha value is -1.85. The lowest BCUT2D eigenvalue weighted by atomic mass is 10.2. The summed E-state index contributed by atoms with van der Waals surface area (Å²) >= 11 is 0. The average molecular weight is 274 g/mol. The molecule has 5 nitrogen and oxygen atoms in total. The number of rotatable bonds is 4. The summed E-state index contributed by atoms with van der Waals surface area (Å²) < 4.78 is 10.9. The molecule has 0 saturated carbocycles. The van der Waals surface area contributed by atoms with Gasteiger partial charge in [0.15, 0.2) is 0 Å². The van der Waals surface area contributed by atoms with Crippen LogP contribution in [0.3, 0.4) is 0 Å². The molecule has 0 bridgehead atoms. The number of para-hydroxylation sites is 1. The number of aromatic nitrogens is 1. The van der Waals surface area contributed by atoms with Crippen LogP contribution in [0.15, 0.2) is 40.9 Å². The summed E-state index contributed by atoms with van der Waals surface area (Å²) in [4.78, 5) is 2.12. The maximum absolute atomic E-state index is 10.1. The van der Waals surface area contributed by atoms with Gasteiger partial charge in [-0.2, -0.15) is 0 Å². The maximum Gasteiger partial charge on any atom is 0.138 e. The maximum atomic E-state index is 10.1. The Morgan fingerprint density at radius 3 is 2.85 bits per heavy atom. The van der Waals surface area contributed by atoms with Crippen molar-refractivity contribution in [1.82, 2.24) is 10.1 Å². The Morgan fingerprint density at radius 1 is 1.35 bits per heavy atom. The van der Waals surface area contributed by atoms with Crippen LogP contribution >= 0.6 is 0 Å². The first-order valence-corrected chi connectivity index (χ1v) is 6.75. The number of hydrogen-bond donors (Lipinski definition) is 1. The second-order valence-electron chi connectivity index (χ2n) is 5.16. The van der Waals surface area contributed by atoms with Gasteiger partial charge in [0.1, 0.15) is 23.7 Å². The molecule has 2 atom stereocenters. The van der Waals surface area contributed by atoms with Crippen molar-refractivity contribution in [2.45, 2.75) is 25.7 Å². The van der Waals surface area contributed by atoms with Crippen molar-refractivity contribution in [3.05, 3.63) is 47.9 Å². The Bertz CT molecular complexity index is 555. The fourth-order valence-corrected chi connectivity index (χ4v) is 2.47. The smallest absolute Gasteiger partial charge is 0.138 e. The standard InChI is InChI=1S/C15H18N2O3/c1-11-7-12(16-20-11)8-17-9-14(18)15(10-17)19-13-5-3-2-4-6-13/h2-7,14-15,18H,8-10H2,1H3/t14-,15-/m1/s1. The van der Waals surface area contributed by atoms with E-state index in [4.69, 9.17) is 9.26 Å². The Morgan fingerprint density at radius 2 is 2.15 bits per heavy atom. The molecule has 0 spiro atoms. The fourth-order valence-electron chi connectivity index (χ4n) is 2.47. The molecule has 2 heterocycles. The van der Waals surface area contributed by atoms with Gasteiger partial charge in [0.25, 0.3) is 0 Å². The van der Waals surface area contributed by atoms with Crippen molar-refractivity contribution in [2.75, 3.05) is 13.1 Å². The number of aryl methyl sites for hydroxylation is 1. The van der Waals surface area contributed by atoms with E-state index in [9.17, 15) is 5.11 Å². The number of β-amino-alcohol motifs (C(OH)–C–C–N with tert-alkyl or cyclic N) is 1. The first kappa shape index (κ1) is 13.1. The van der Waals surface area contributed by atoms with E-state index in [1.54, 1.807) is 0 Å². The molecule has 1 N–H and O–H groups in total. The molecule has 3 rings (SSSR count). The van der Waals surface area contributed by atoms with E-state index in [-0.39, 0.29) is 6.10 Å². The van der Waals surface area contributed by atoms with Gasteiger partial charge in [-0.25, -0.2) is 0 Å². The third-order valence-electron chi connectivity index (χ3n) is 3.41. The molecule has 1 aliphatic heterocycles. The quantitative estimate of drug-likeness (QED) is 0.918. The summed E-state index contributed by atoms with van der Waals surface area (Å²) in [5, 5.41) is 14.1. The molecular formula is C15H18N2O3. The third kappa shape index (κ3) is 3.00. The number of benzene rings is 1. The number of nitrogens with zero attached hydrogens (tertiary/aromatic N) is 2. The molecule has 1 aliphatic rings. The number of hydrogen-bond acceptors (Lipinski definition) is 5.